The number of fused-ring (bicyclic) bond motifs is 1. The Labute approximate surface area is 112 Å². The van der Waals surface area contributed by atoms with Crippen LogP contribution in [0.25, 0.3) is 11.0 Å². The minimum absolute atomic E-state index is 0.145. The van der Waals surface area contributed by atoms with Crippen molar-refractivity contribution < 1.29 is 13.5 Å². The molecule has 2 rings (SSSR count). The van der Waals surface area contributed by atoms with Gasteiger partial charge in [0.1, 0.15) is 5.76 Å². The first-order valence-corrected chi connectivity index (χ1v) is 6.59. The number of furan rings is 1. The van der Waals surface area contributed by atoms with Crippen LogP contribution in [-0.4, -0.2) is 12.7 Å². The molecule has 3 nitrogen and oxygen atoms in total. The summed E-state index contributed by atoms with van der Waals surface area (Å²) < 4.78 is 24.8. The average molecular weight is 265 g/mol. The molecule has 0 amide bonds. The molecule has 2 N–H and O–H groups in total. The Kier molecular flexibility index (Phi) is 4.22. The number of para-hydroxylation sites is 1. The van der Waals surface area contributed by atoms with Crippen LogP contribution in [0, 0.1) is 11.7 Å². The highest BCUT2D eigenvalue weighted by Gasteiger charge is 2.26. The zero-order valence-electron chi connectivity index (χ0n) is 11.5. The van der Waals surface area contributed by atoms with Crippen molar-refractivity contribution >= 4 is 11.0 Å². The Morgan fingerprint density at radius 3 is 2.68 bits per heavy atom. The van der Waals surface area contributed by atoms with Gasteiger partial charge >= 0.3 is 0 Å². The van der Waals surface area contributed by atoms with Gasteiger partial charge in [0.15, 0.2) is 11.4 Å². The molecule has 1 aromatic carbocycles. The zero-order chi connectivity index (χ0) is 14.0. The van der Waals surface area contributed by atoms with Gasteiger partial charge in [-0.1, -0.05) is 26.0 Å². The Morgan fingerprint density at radius 1 is 1.37 bits per heavy atom. The predicted octanol–water partition coefficient (Wildman–Crippen LogP) is 3.63. The van der Waals surface area contributed by atoms with Crippen LogP contribution in [-0.2, 0) is 4.74 Å². The topological polar surface area (TPSA) is 48.4 Å². The van der Waals surface area contributed by atoms with Crippen molar-refractivity contribution in [3.63, 3.8) is 0 Å². The van der Waals surface area contributed by atoms with Gasteiger partial charge in [-0.05, 0) is 25.0 Å². The molecule has 0 aliphatic rings. The molecule has 1 aromatic heterocycles. The molecule has 2 aromatic rings. The second-order valence-corrected chi connectivity index (χ2v) is 5.00. The van der Waals surface area contributed by atoms with Gasteiger partial charge in [-0.15, -0.1) is 0 Å². The van der Waals surface area contributed by atoms with Crippen LogP contribution in [0.4, 0.5) is 4.39 Å². The fourth-order valence-electron chi connectivity index (χ4n) is 2.28. The third-order valence-corrected chi connectivity index (χ3v) is 3.21. The van der Waals surface area contributed by atoms with Crippen LogP contribution in [0.15, 0.2) is 28.7 Å². The van der Waals surface area contributed by atoms with E-state index >= 15 is 0 Å². The summed E-state index contributed by atoms with van der Waals surface area (Å²) >= 11 is 0. The third kappa shape index (κ3) is 2.80. The van der Waals surface area contributed by atoms with Gasteiger partial charge in [-0.25, -0.2) is 4.39 Å². The van der Waals surface area contributed by atoms with Gasteiger partial charge in [-0.3, -0.25) is 0 Å². The van der Waals surface area contributed by atoms with Gasteiger partial charge in [0.05, 0.1) is 12.1 Å². The molecule has 0 aliphatic carbocycles. The number of benzene rings is 1. The maximum absolute atomic E-state index is 13.6. The minimum atomic E-state index is -0.397. The quantitative estimate of drug-likeness (QED) is 0.898. The molecule has 0 saturated heterocycles. The third-order valence-electron chi connectivity index (χ3n) is 3.21. The summed E-state index contributed by atoms with van der Waals surface area (Å²) in [6, 6.07) is 6.24. The van der Waals surface area contributed by atoms with Gasteiger partial charge in [0, 0.05) is 12.0 Å². The molecule has 4 heteroatoms. The van der Waals surface area contributed by atoms with Crippen LogP contribution < -0.4 is 5.73 Å². The number of hydrogen-bond acceptors (Lipinski definition) is 3. The second kappa shape index (κ2) is 5.72. The molecule has 0 aliphatic heterocycles. The number of ether oxygens (including phenoxy) is 1. The summed E-state index contributed by atoms with van der Waals surface area (Å²) in [5.41, 5.74) is 6.46. The Balaban J connectivity index is 2.34. The molecule has 0 bridgehead atoms. The maximum atomic E-state index is 13.6. The summed E-state index contributed by atoms with van der Waals surface area (Å²) in [5.74, 6) is 0.453. The minimum Gasteiger partial charge on any atom is -0.456 e. The number of halogens is 1. The van der Waals surface area contributed by atoms with Crippen molar-refractivity contribution in [1.29, 1.82) is 0 Å². The molecule has 19 heavy (non-hydrogen) atoms. The maximum Gasteiger partial charge on any atom is 0.169 e. The largest absolute Gasteiger partial charge is 0.456 e. The van der Waals surface area contributed by atoms with Crippen molar-refractivity contribution in [2.75, 3.05) is 6.61 Å². The summed E-state index contributed by atoms with van der Waals surface area (Å²) in [5, 5.41) is 0.726. The first kappa shape index (κ1) is 14.0. The Bertz CT molecular complexity index is 550. The van der Waals surface area contributed by atoms with Crippen LogP contribution in [0.1, 0.15) is 32.6 Å². The van der Waals surface area contributed by atoms with E-state index in [0.29, 0.717) is 12.4 Å². The first-order valence-electron chi connectivity index (χ1n) is 6.59. The molecule has 2 atom stereocenters. The normalized spacial score (nSPS) is 15.1. The standard InChI is InChI=1S/C15H20FNO2/c1-4-18-14(9(2)3)13(17)12-8-10-6-5-7-11(16)15(10)19-12/h5-9,13-14H,4,17H2,1-3H3. The van der Waals surface area contributed by atoms with E-state index in [-0.39, 0.29) is 23.4 Å². The summed E-state index contributed by atoms with van der Waals surface area (Å²) in [7, 11) is 0. The van der Waals surface area contributed by atoms with Crippen molar-refractivity contribution in [3.05, 3.63) is 35.8 Å². The molecule has 2 unspecified atom stereocenters. The SMILES string of the molecule is CCOC(C(C)C)C(N)c1cc2cccc(F)c2o1. The van der Waals surface area contributed by atoms with E-state index in [1.165, 1.54) is 6.07 Å². The lowest BCUT2D eigenvalue weighted by molar-refractivity contribution is 0.00791. The monoisotopic (exact) mass is 265 g/mol. The predicted molar refractivity (Wildman–Crippen MR) is 73.4 cm³/mol. The first-order chi connectivity index (χ1) is 9.04. The van der Waals surface area contributed by atoms with Crippen LogP contribution in [0.5, 0.6) is 0 Å². The highest BCUT2D eigenvalue weighted by molar-refractivity contribution is 5.78. The smallest absolute Gasteiger partial charge is 0.169 e. The lowest BCUT2D eigenvalue weighted by Gasteiger charge is -2.25. The number of hydrogen-bond donors (Lipinski definition) is 1. The van der Waals surface area contributed by atoms with Crippen LogP contribution in [0.2, 0.25) is 0 Å². The van der Waals surface area contributed by atoms with Gasteiger partial charge in [0.25, 0.3) is 0 Å². The molecule has 0 radical (unpaired) electrons. The van der Waals surface area contributed by atoms with E-state index in [1.807, 2.05) is 26.8 Å². The van der Waals surface area contributed by atoms with E-state index < -0.39 is 6.04 Å². The molecule has 1 heterocycles. The average Bonchev–Trinajstić information content (AvgIpc) is 2.80. The zero-order valence-corrected chi connectivity index (χ0v) is 11.5. The van der Waals surface area contributed by atoms with Crippen molar-refractivity contribution in [2.24, 2.45) is 11.7 Å². The van der Waals surface area contributed by atoms with Crippen molar-refractivity contribution in [2.45, 2.75) is 32.9 Å². The van der Waals surface area contributed by atoms with Crippen LogP contribution in [0.3, 0.4) is 0 Å². The van der Waals surface area contributed by atoms with E-state index in [9.17, 15) is 4.39 Å². The van der Waals surface area contributed by atoms with E-state index in [4.69, 9.17) is 14.9 Å². The van der Waals surface area contributed by atoms with Gasteiger partial charge in [-0.2, -0.15) is 0 Å². The fourth-order valence-corrected chi connectivity index (χ4v) is 2.28. The van der Waals surface area contributed by atoms with E-state index in [1.54, 1.807) is 12.1 Å². The van der Waals surface area contributed by atoms with Gasteiger partial charge in [0.2, 0.25) is 0 Å². The van der Waals surface area contributed by atoms with Gasteiger partial charge < -0.3 is 14.9 Å². The van der Waals surface area contributed by atoms with Crippen molar-refractivity contribution in [3.8, 4) is 0 Å². The van der Waals surface area contributed by atoms with E-state index in [2.05, 4.69) is 0 Å². The summed E-state index contributed by atoms with van der Waals surface area (Å²) in [4.78, 5) is 0. The lowest BCUT2D eigenvalue weighted by atomic mass is 9.98. The molecule has 0 spiro atoms. The molecule has 104 valence electrons. The fraction of sp³-hybridized carbons (Fsp3) is 0.467. The molecular weight excluding hydrogens is 245 g/mol. The summed E-state index contributed by atoms with van der Waals surface area (Å²) in [6.07, 6.45) is -0.145. The van der Waals surface area contributed by atoms with Crippen LogP contribution >= 0.6 is 0 Å². The highest BCUT2D eigenvalue weighted by Crippen LogP contribution is 2.29. The molecule has 0 saturated carbocycles. The molecular formula is C15H20FNO2. The Morgan fingerprint density at radius 2 is 2.11 bits per heavy atom. The van der Waals surface area contributed by atoms with E-state index in [0.717, 1.165) is 5.39 Å². The highest BCUT2D eigenvalue weighted by atomic mass is 19.1. The number of nitrogens with two attached hydrogens (primary N) is 1. The lowest BCUT2D eigenvalue weighted by Crippen LogP contribution is -2.33. The van der Waals surface area contributed by atoms with Crippen molar-refractivity contribution in [1.82, 2.24) is 0 Å². The Hall–Kier alpha value is -1.39. The number of rotatable bonds is 5. The second-order valence-electron chi connectivity index (χ2n) is 5.00. The molecule has 0 fully saturated rings. The summed E-state index contributed by atoms with van der Waals surface area (Å²) in [6.45, 7) is 6.61.